The van der Waals surface area contributed by atoms with E-state index in [1.54, 1.807) is 6.29 Å². The van der Waals surface area contributed by atoms with Crippen LogP contribution >= 0.6 is 45.2 Å². The lowest BCUT2D eigenvalue weighted by molar-refractivity contribution is 0.467. The van der Waals surface area contributed by atoms with Gasteiger partial charge in [-0.05, 0) is 69.3 Å². The molecule has 0 spiro atoms. The lowest BCUT2D eigenvalue weighted by atomic mass is 10.1. The molecule has 5 heteroatoms. The number of phenolic OH excluding ortho intramolecular Hbond substituents is 1. The molecule has 0 bridgehead atoms. The summed E-state index contributed by atoms with van der Waals surface area (Å²) in [5.74, 6) is 0.276. The minimum Gasteiger partial charge on any atom is -0.506 e. The van der Waals surface area contributed by atoms with E-state index >= 15 is 0 Å². The number of halogens is 2. The highest BCUT2D eigenvalue weighted by Crippen LogP contribution is 2.27. The molecular weight excluding hydrogens is 408 g/mol. The highest BCUT2D eigenvalue weighted by atomic mass is 127. The number of phenols is 1. The fourth-order valence-electron chi connectivity index (χ4n) is 1.03. The van der Waals surface area contributed by atoms with E-state index in [0.29, 0.717) is 6.42 Å². The summed E-state index contributed by atoms with van der Waals surface area (Å²) in [5.41, 5.74) is 6.39. The molecule has 1 radical (unpaired) electrons. The van der Waals surface area contributed by atoms with Gasteiger partial charge < -0.3 is 10.8 Å². The number of hydrogen-bond acceptors (Lipinski definition) is 3. The van der Waals surface area contributed by atoms with Gasteiger partial charge in [-0.3, -0.25) is 4.79 Å². The van der Waals surface area contributed by atoms with Gasteiger partial charge in [0.15, 0.2) is 0 Å². The summed E-state index contributed by atoms with van der Waals surface area (Å²) < 4.78 is 1.53. The van der Waals surface area contributed by atoms with Crippen LogP contribution in [-0.4, -0.2) is 17.4 Å². The molecule has 14 heavy (non-hydrogen) atoms. The lowest BCUT2D eigenvalue weighted by Gasteiger charge is -2.07. The van der Waals surface area contributed by atoms with Crippen LogP contribution in [0.25, 0.3) is 0 Å². The zero-order valence-electron chi connectivity index (χ0n) is 7.13. The van der Waals surface area contributed by atoms with Crippen molar-refractivity contribution >= 4 is 51.5 Å². The molecule has 1 aromatic carbocycles. The van der Waals surface area contributed by atoms with Gasteiger partial charge in [0.05, 0.1) is 13.2 Å². The number of benzene rings is 1. The standard InChI is InChI=1S/C9H8I2NO2/c10-7-2-5(1-6(12)4-13)3-8(11)9(7)14/h2-3,6,14H,1,12H2/t6-/m0/s1. The fraction of sp³-hybridized carbons (Fsp3) is 0.222. The van der Waals surface area contributed by atoms with Crippen molar-refractivity contribution in [1.29, 1.82) is 0 Å². The molecule has 0 unspecified atom stereocenters. The van der Waals surface area contributed by atoms with Gasteiger partial charge in [-0.1, -0.05) is 0 Å². The van der Waals surface area contributed by atoms with Gasteiger partial charge in [-0.25, -0.2) is 0 Å². The topological polar surface area (TPSA) is 63.3 Å². The Balaban J connectivity index is 2.95. The van der Waals surface area contributed by atoms with E-state index in [1.807, 2.05) is 57.3 Å². The molecule has 0 aliphatic carbocycles. The Hall–Kier alpha value is 0.110. The number of rotatable bonds is 3. The van der Waals surface area contributed by atoms with E-state index in [1.165, 1.54) is 0 Å². The largest absolute Gasteiger partial charge is 0.506 e. The molecular formula is C9H8I2NO2. The van der Waals surface area contributed by atoms with E-state index in [0.717, 1.165) is 12.7 Å². The molecule has 0 amide bonds. The normalized spacial score (nSPS) is 12.5. The van der Waals surface area contributed by atoms with Crippen molar-refractivity contribution in [2.75, 3.05) is 0 Å². The van der Waals surface area contributed by atoms with E-state index in [2.05, 4.69) is 0 Å². The van der Waals surface area contributed by atoms with Gasteiger partial charge in [0.2, 0.25) is 6.29 Å². The van der Waals surface area contributed by atoms with Crippen molar-refractivity contribution in [2.45, 2.75) is 12.5 Å². The smallest absolute Gasteiger partial charge is 0.217 e. The zero-order valence-corrected chi connectivity index (χ0v) is 11.4. The van der Waals surface area contributed by atoms with Crippen LogP contribution in [0, 0.1) is 7.14 Å². The Bertz CT molecular complexity index is 332. The molecule has 0 aromatic heterocycles. The first-order valence-electron chi connectivity index (χ1n) is 3.84. The maximum Gasteiger partial charge on any atom is 0.217 e. The van der Waals surface area contributed by atoms with Crippen molar-refractivity contribution < 1.29 is 9.90 Å². The third kappa shape index (κ3) is 3.06. The summed E-state index contributed by atoms with van der Waals surface area (Å²) in [4.78, 5) is 10.2. The monoisotopic (exact) mass is 416 g/mol. The molecule has 0 heterocycles. The highest BCUT2D eigenvalue weighted by Gasteiger charge is 2.08. The van der Waals surface area contributed by atoms with Crippen molar-refractivity contribution in [2.24, 2.45) is 5.73 Å². The maximum atomic E-state index is 10.2. The van der Waals surface area contributed by atoms with Gasteiger partial charge in [-0.15, -0.1) is 0 Å². The molecule has 1 aromatic rings. The Morgan fingerprint density at radius 1 is 1.43 bits per heavy atom. The van der Waals surface area contributed by atoms with Crippen LogP contribution in [0.5, 0.6) is 5.75 Å². The van der Waals surface area contributed by atoms with Gasteiger partial charge in [0.1, 0.15) is 5.75 Å². The van der Waals surface area contributed by atoms with Crippen LogP contribution in [0.3, 0.4) is 0 Å². The average Bonchev–Trinajstić information content (AvgIpc) is 2.14. The minimum absolute atomic E-state index is 0.276. The Morgan fingerprint density at radius 2 is 1.93 bits per heavy atom. The van der Waals surface area contributed by atoms with Crippen LogP contribution in [-0.2, 0) is 11.2 Å². The quantitative estimate of drug-likeness (QED) is 0.737. The van der Waals surface area contributed by atoms with Gasteiger partial charge in [0, 0.05) is 0 Å². The van der Waals surface area contributed by atoms with Gasteiger partial charge >= 0.3 is 0 Å². The molecule has 0 fully saturated rings. The summed E-state index contributed by atoms with van der Waals surface area (Å²) in [6, 6.07) is 3.04. The second-order valence-corrected chi connectivity index (χ2v) is 5.16. The second kappa shape index (κ2) is 5.26. The molecule has 3 N–H and O–H groups in total. The highest BCUT2D eigenvalue weighted by molar-refractivity contribution is 14.1. The van der Waals surface area contributed by atoms with Crippen LogP contribution in [0.4, 0.5) is 0 Å². The van der Waals surface area contributed by atoms with Crippen LogP contribution in [0.2, 0.25) is 0 Å². The zero-order chi connectivity index (χ0) is 10.7. The Labute approximate surface area is 109 Å². The fourth-order valence-corrected chi connectivity index (χ4v) is 2.93. The van der Waals surface area contributed by atoms with Crippen LogP contribution in [0.1, 0.15) is 5.56 Å². The van der Waals surface area contributed by atoms with Gasteiger partial charge in [-0.2, -0.15) is 0 Å². The number of aromatic hydroxyl groups is 1. The van der Waals surface area contributed by atoms with E-state index in [9.17, 15) is 9.90 Å². The molecule has 1 rings (SSSR count). The predicted molar refractivity (Wildman–Crippen MR) is 70.9 cm³/mol. The predicted octanol–water partition coefficient (Wildman–Crippen LogP) is 1.58. The second-order valence-electron chi connectivity index (χ2n) is 2.84. The third-order valence-corrected chi connectivity index (χ3v) is 3.33. The lowest BCUT2D eigenvalue weighted by Crippen LogP contribution is -2.24. The Kier molecular flexibility index (Phi) is 4.58. The summed E-state index contributed by atoms with van der Waals surface area (Å²) >= 11 is 4.08. The molecule has 75 valence electrons. The molecule has 1 atom stereocenters. The summed E-state index contributed by atoms with van der Waals surface area (Å²) in [5, 5.41) is 9.50. The summed E-state index contributed by atoms with van der Waals surface area (Å²) in [6.07, 6.45) is 2.18. The van der Waals surface area contributed by atoms with E-state index in [4.69, 9.17) is 5.73 Å². The minimum atomic E-state index is -0.592. The molecule has 0 saturated heterocycles. The summed E-state index contributed by atoms with van der Waals surface area (Å²) in [6.45, 7) is 0. The molecule has 0 aliphatic rings. The van der Waals surface area contributed by atoms with Crippen LogP contribution < -0.4 is 5.73 Å². The number of hydrogen-bond donors (Lipinski definition) is 2. The maximum absolute atomic E-state index is 10.2. The van der Waals surface area contributed by atoms with E-state index < -0.39 is 6.04 Å². The molecule has 0 aliphatic heterocycles. The number of carbonyl (C=O) groups excluding carboxylic acids is 1. The number of nitrogens with two attached hydrogens (primary N) is 1. The first-order valence-corrected chi connectivity index (χ1v) is 6.00. The van der Waals surface area contributed by atoms with Crippen molar-refractivity contribution in [1.82, 2.24) is 0 Å². The molecule has 3 nitrogen and oxygen atoms in total. The SMILES string of the molecule is N[C@H]([C]=O)Cc1cc(I)c(O)c(I)c1. The van der Waals surface area contributed by atoms with Crippen molar-refractivity contribution in [3.8, 4) is 5.75 Å². The van der Waals surface area contributed by atoms with Crippen LogP contribution in [0.15, 0.2) is 12.1 Å². The van der Waals surface area contributed by atoms with Gasteiger partial charge in [0.25, 0.3) is 0 Å². The van der Waals surface area contributed by atoms with Crippen molar-refractivity contribution in [3.05, 3.63) is 24.8 Å². The first-order chi connectivity index (χ1) is 6.54. The van der Waals surface area contributed by atoms with E-state index in [-0.39, 0.29) is 5.75 Å². The summed E-state index contributed by atoms with van der Waals surface area (Å²) in [7, 11) is 0. The Morgan fingerprint density at radius 3 is 2.36 bits per heavy atom. The first kappa shape index (κ1) is 12.2. The molecule has 0 saturated carbocycles. The third-order valence-electron chi connectivity index (χ3n) is 1.68. The average molecular weight is 416 g/mol. The van der Waals surface area contributed by atoms with Crippen molar-refractivity contribution in [3.63, 3.8) is 0 Å².